The number of benzene rings is 2. The fraction of sp³-hybridized carbons (Fsp3) is 0.294. The Hall–Kier alpha value is -1.48. The Morgan fingerprint density at radius 1 is 1.20 bits per heavy atom. The number of ether oxygens (including phenoxy) is 2. The van der Waals surface area contributed by atoms with Crippen molar-refractivity contribution < 1.29 is 9.47 Å². The van der Waals surface area contributed by atoms with E-state index in [2.05, 4.69) is 47.1 Å². The van der Waals surface area contributed by atoms with Gasteiger partial charge in [-0.15, -0.1) is 0 Å². The smallest absolute Gasteiger partial charge is 0.122 e. The molecule has 1 aliphatic heterocycles. The van der Waals surface area contributed by atoms with E-state index in [1.165, 1.54) is 11.1 Å². The molecule has 20 heavy (non-hydrogen) atoms. The molecule has 0 fully saturated rings. The average molecular weight is 333 g/mol. The molecule has 0 saturated heterocycles. The number of hydrogen-bond donors (Lipinski definition) is 0. The molecular weight excluding hydrogens is 316 g/mol. The van der Waals surface area contributed by atoms with Gasteiger partial charge in [0.05, 0.1) is 13.2 Å². The summed E-state index contributed by atoms with van der Waals surface area (Å²) in [6, 6.07) is 12.5. The number of hydrogen-bond acceptors (Lipinski definition) is 2. The molecule has 3 heteroatoms. The van der Waals surface area contributed by atoms with E-state index in [1.54, 1.807) is 0 Å². The van der Waals surface area contributed by atoms with Crippen LogP contribution in [0, 0.1) is 6.92 Å². The van der Waals surface area contributed by atoms with E-state index < -0.39 is 0 Å². The summed E-state index contributed by atoms with van der Waals surface area (Å²) < 4.78 is 12.5. The first kappa shape index (κ1) is 13.5. The van der Waals surface area contributed by atoms with Crippen LogP contribution in [0.2, 0.25) is 0 Å². The topological polar surface area (TPSA) is 18.5 Å². The summed E-state index contributed by atoms with van der Waals surface area (Å²) >= 11 is 3.46. The van der Waals surface area contributed by atoms with Gasteiger partial charge in [-0.2, -0.15) is 0 Å². The first-order valence-electron chi connectivity index (χ1n) is 6.86. The van der Waals surface area contributed by atoms with E-state index in [-0.39, 0.29) is 0 Å². The Bertz CT molecular complexity index is 622. The highest BCUT2D eigenvalue weighted by atomic mass is 79.9. The summed E-state index contributed by atoms with van der Waals surface area (Å²) in [6.07, 6.45) is 1.94. The maximum atomic E-state index is 5.86. The highest BCUT2D eigenvalue weighted by Crippen LogP contribution is 2.26. The Morgan fingerprint density at radius 3 is 2.95 bits per heavy atom. The fourth-order valence-electron chi connectivity index (χ4n) is 2.45. The number of aryl methyl sites for hydroxylation is 1. The third-order valence-corrected chi connectivity index (χ3v) is 4.03. The summed E-state index contributed by atoms with van der Waals surface area (Å²) in [6.45, 7) is 3.57. The third kappa shape index (κ3) is 2.98. The molecule has 0 saturated carbocycles. The first-order chi connectivity index (χ1) is 9.72. The zero-order valence-corrected chi connectivity index (χ0v) is 13.1. The van der Waals surface area contributed by atoms with Gasteiger partial charge in [0.2, 0.25) is 0 Å². The minimum atomic E-state index is 0.697. The molecule has 104 valence electrons. The summed E-state index contributed by atoms with van der Waals surface area (Å²) in [5, 5.41) is 0. The summed E-state index contributed by atoms with van der Waals surface area (Å²) in [7, 11) is 0. The highest BCUT2D eigenvalue weighted by Gasteiger charge is 2.11. The van der Waals surface area contributed by atoms with E-state index in [0.29, 0.717) is 6.61 Å². The predicted octanol–water partition coefficient (Wildman–Crippen LogP) is 4.31. The van der Waals surface area contributed by atoms with Crippen molar-refractivity contribution in [3.05, 3.63) is 57.6 Å². The van der Waals surface area contributed by atoms with Crippen LogP contribution in [0.5, 0.6) is 11.5 Å². The van der Waals surface area contributed by atoms with Crippen molar-refractivity contribution in [3.63, 3.8) is 0 Å². The molecule has 0 spiro atoms. The molecule has 2 aromatic carbocycles. The lowest BCUT2D eigenvalue weighted by Crippen LogP contribution is -2.02. The Kier molecular flexibility index (Phi) is 3.97. The van der Waals surface area contributed by atoms with Crippen LogP contribution >= 0.6 is 15.9 Å². The predicted molar refractivity (Wildman–Crippen MR) is 83.7 cm³/mol. The van der Waals surface area contributed by atoms with Crippen molar-refractivity contribution in [2.24, 2.45) is 0 Å². The maximum Gasteiger partial charge on any atom is 0.122 e. The lowest BCUT2D eigenvalue weighted by molar-refractivity contribution is 0.319. The molecule has 0 amide bonds. The SMILES string of the molecule is Cc1cc(Br)ccc1OCCc1ccc2c(c1)CCO2. The third-order valence-electron chi connectivity index (χ3n) is 3.54. The van der Waals surface area contributed by atoms with Gasteiger partial charge in [0.25, 0.3) is 0 Å². The van der Waals surface area contributed by atoms with Gasteiger partial charge in [-0.1, -0.05) is 28.1 Å². The van der Waals surface area contributed by atoms with Crippen molar-refractivity contribution >= 4 is 15.9 Å². The second kappa shape index (κ2) is 5.88. The molecule has 2 aromatic rings. The van der Waals surface area contributed by atoms with Crippen molar-refractivity contribution in [1.29, 1.82) is 0 Å². The van der Waals surface area contributed by atoms with Crippen LogP contribution in [0.15, 0.2) is 40.9 Å². The number of fused-ring (bicyclic) bond motifs is 1. The van der Waals surface area contributed by atoms with Gasteiger partial charge in [0.1, 0.15) is 11.5 Å². The van der Waals surface area contributed by atoms with Crippen LogP contribution in [0.1, 0.15) is 16.7 Å². The monoisotopic (exact) mass is 332 g/mol. The Labute approximate surface area is 127 Å². The van der Waals surface area contributed by atoms with Gasteiger partial charge in [0, 0.05) is 17.3 Å². The van der Waals surface area contributed by atoms with Crippen molar-refractivity contribution in [2.45, 2.75) is 19.8 Å². The van der Waals surface area contributed by atoms with Crippen LogP contribution in [0.3, 0.4) is 0 Å². The molecule has 0 unspecified atom stereocenters. The summed E-state index contributed by atoms with van der Waals surface area (Å²) in [4.78, 5) is 0. The second-order valence-corrected chi connectivity index (χ2v) is 5.96. The number of halogens is 1. The zero-order valence-electron chi connectivity index (χ0n) is 11.5. The molecule has 0 aliphatic carbocycles. The quantitative estimate of drug-likeness (QED) is 0.830. The first-order valence-corrected chi connectivity index (χ1v) is 7.65. The molecule has 0 N–H and O–H groups in total. The van der Waals surface area contributed by atoms with Crippen LogP contribution in [0.25, 0.3) is 0 Å². The van der Waals surface area contributed by atoms with Gasteiger partial charge in [-0.25, -0.2) is 0 Å². The molecule has 0 aromatic heterocycles. The average Bonchev–Trinajstić information content (AvgIpc) is 2.89. The van der Waals surface area contributed by atoms with E-state index in [9.17, 15) is 0 Å². The van der Waals surface area contributed by atoms with Crippen LogP contribution in [-0.4, -0.2) is 13.2 Å². The van der Waals surface area contributed by atoms with Crippen molar-refractivity contribution in [1.82, 2.24) is 0 Å². The summed E-state index contributed by atoms with van der Waals surface area (Å²) in [5.74, 6) is 2.00. The molecule has 1 heterocycles. The second-order valence-electron chi connectivity index (χ2n) is 5.05. The molecule has 2 nitrogen and oxygen atoms in total. The lowest BCUT2D eigenvalue weighted by Gasteiger charge is -2.10. The van der Waals surface area contributed by atoms with Gasteiger partial charge >= 0.3 is 0 Å². The van der Waals surface area contributed by atoms with Crippen molar-refractivity contribution in [2.75, 3.05) is 13.2 Å². The van der Waals surface area contributed by atoms with E-state index >= 15 is 0 Å². The van der Waals surface area contributed by atoms with E-state index in [1.807, 2.05) is 12.1 Å². The van der Waals surface area contributed by atoms with Gasteiger partial charge in [-0.3, -0.25) is 0 Å². The standard InChI is InChI=1S/C17H17BrO2/c1-12-10-15(18)3-5-16(12)19-8-6-13-2-4-17-14(11-13)7-9-20-17/h2-5,10-11H,6-9H2,1H3. The van der Waals surface area contributed by atoms with Gasteiger partial charge in [0.15, 0.2) is 0 Å². The minimum Gasteiger partial charge on any atom is -0.493 e. The number of rotatable bonds is 4. The molecule has 0 bridgehead atoms. The van der Waals surface area contributed by atoms with Crippen LogP contribution in [-0.2, 0) is 12.8 Å². The molecule has 3 rings (SSSR count). The highest BCUT2D eigenvalue weighted by molar-refractivity contribution is 9.10. The Balaban J connectivity index is 1.60. The molecular formula is C17H17BrO2. The Morgan fingerprint density at radius 2 is 2.10 bits per heavy atom. The normalized spacial score (nSPS) is 12.9. The maximum absolute atomic E-state index is 5.86. The minimum absolute atomic E-state index is 0.697. The van der Waals surface area contributed by atoms with Crippen LogP contribution < -0.4 is 9.47 Å². The van der Waals surface area contributed by atoms with Crippen LogP contribution in [0.4, 0.5) is 0 Å². The van der Waals surface area contributed by atoms with Gasteiger partial charge in [-0.05, 0) is 47.9 Å². The zero-order chi connectivity index (χ0) is 13.9. The molecule has 0 radical (unpaired) electrons. The molecule has 1 aliphatic rings. The van der Waals surface area contributed by atoms with Crippen molar-refractivity contribution in [3.8, 4) is 11.5 Å². The van der Waals surface area contributed by atoms with Gasteiger partial charge < -0.3 is 9.47 Å². The molecule has 0 atom stereocenters. The lowest BCUT2D eigenvalue weighted by atomic mass is 10.1. The van der Waals surface area contributed by atoms with E-state index in [0.717, 1.165) is 41.0 Å². The summed E-state index contributed by atoms with van der Waals surface area (Å²) in [5.41, 5.74) is 3.79. The largest absolute Gasteiger partial charge is 0.493 e. The van der Waals surface area contributed by atoms with E-state index in [4.69, 9.17) is 9.47 Å². The fourth-order valence-corrected chi connectivity index (χ4v) is 2.92.